The molecule has 5 unspecified atom stereocenters. The number of fused-ring (bicyclic) bond motifs is 5. The van der Waals surface area contributed by atoms with Gasteiger partial charge in [-0.25, -0.2) is 0 Å². The second kappa shape index (κ2) is 9.67. The predicted molar refractivity (Wildman–Crippen MR) is 128 cm³/mol. The van der Waals surface area contributed by atoms with E-state index in [0.29, 0.717) is 19.0 Å². The summed E-state index contributed by atoms with van der Waals surface area (Å²) in [5.41, 5.74) is 1.39. The zero-order valence-electron chi connectivity index (χ0n) is 19.5. The van der Waals surface area contributed by atoms with E-state index >= 15 is 0 Å². The van der Waals surface area contributed by atoms with Crippen LogP contribution in [0.1, 0.15) is 18.4 Å². The van der Waals surface area contributed by atoms with Gasteiger partial charge in [0.05, 0.1) is 11.8 Å². The second-order valence-electron chi connectivity index (χ2n) is 9.90. The number of imide groups is 1. The monoisotopic (exact) mass is 449 g/mol. The first kappa shape index (κ1) is 22.1. The number of hydrogen-bond acceptors (Lipinski definition) is 4. The van der Waals surface area contributed by atoms with E-state index < -0.39 is 0 Å². The largest absolute Gasteiger partial charge is 0.356 e. The third-order valence-corrected chi connectivity index (χ3v) is 7.90. The summed E-state index contributed by atoms with van der Waals surface area (Å²) in [5, 5.41) is 6.72. The van der Waals surface area contributed by atoms with Gasteiger partial charge >= 0.3 is 0 Å². The molecule has 1 aromatic carbocycles. The molecule has 2 N–H and O–H groups in total. The van der Waals surface area contributed by atoms with Crippen LogP contribution in [0.4, 0.5) is 0 Å². The minimum absolute atomic E-state index is 0.0214. The van der Waals surface area contributed by atoms with Crippen molar-refractivity contribution < 1.29 is 9.59 Å². The van der Waals surface area contributed by atoms with Crippen LogP contribution in [0.5, 0.6) is 0 Å². The van der Waals surface area contributed by atoms with Gasteiger partial charge in [-0.2, -0.15) is 0 Å². The number of rotatable bonds is 8. The lowest BCUT2D eigenvalue weighted by Gasteiger charge is -2.20. The van der Waals surface area contributed by atoms with Gasteiger partial charge < -0.3 is 15.5 Å². The molecule has 5 rings (SSSR count). The van der Waals surface area contributed by atoms with Crippen LogP contribution in [0.25, 0.3) is 0 Å². The number of likely N-dealkylation sites (tertiary alicyclic amines) is 2. The van der Waals surface area contributed by atoms with Crippen LogP contribution in [-0.4, -0.2) is 73.9 Å². The van der Waals surface area contributed by atoms with Crippen LogP contribution in [0.2, 0.25) is 0 Å². The molecule has 3 fully saturated rings. The summed E-state index contributed by atoms with van der Waals surface area (Å²) >= 11 is 0. The van der Waals surface area contributed by atoms with Crippen molar-refractivity contribution in [1.29, 1.82) is 0 Å². The fourth-order valence-electron chi connectivity index (χ4n) is 6.15. The molecule has 2 amide bonds. The summed E-state index contributed by atoms with van der Waals surface area (Å²) in [6.45, 7) is 5.15. The maximum Gasteiger partial charge on any atom is 0.233 e. The highest BCUT2D eigenvalue weighted by Gasteiger charge is 2.58. The highest BCUT2D eigenvalue weighted by Crippen LogP contribution is 2.52. The van der Waals surface area contributed by atoms with E-state index in [1.165, 1.54) is 16.9 Å². The molecular formula is C26H35N5O2. The lowest BCUT2D eigenvalue weighted by molar-refractivity contribution is -0.140. The Morgan fingerprint density at radius 2 is 1.76 bits per heavy atom. The van der Waals surface area contributed by atoms with E-state index in [9.17, 15) is 9.59 Å². The first-order valence-corrected chi connectivity index (χ1v) is 12.4. The second-order valence-corrected chi connectivity index (χ2v) is 9.90. The molecule has 33 heavy (non-hydrogen) atoms. The maximum atomic E-state index is 12.8. The lowest BCUT2D eigenvalue weighted by Crippen LogP contribution is -2.45. The Morgan fingerprint density at radius 3 is 2.45 bits per heavy atom. The van der Waals surface area contributed by atoms with Crippen LogP contribution in [0, 0.1) is 29.6 Å². The summed E-state index contributed by atoms with van der Waals surface area (Å²) in [7, 11) is 1.76. The average molecular weight is 450 g/mol. The third-order valence-electron chi connectivity index (χ3n) is 7.90. The minimum atomic E-state index is -0.114. The summed E-state index contributed by atoms with van der Waals surface area (Å²) < 4.78 is 0. The molecule has 0 spiro atoms. The quantitative estimate of drug-likeness (QED) is 0.272. The van der Waals surface area contributed by atoms with Crippen molar-refractivity contribution in [1.82, 2.24) is 20.4 Å². The Balaban J connectivity index is 1.01. The number of nitrogens with one attached hydrogen (secondary N) is 2. The van der Waals surface area contributed by atoms with Gasteiger partial charge in [0, 0.05) is 39.8 Å². The first-order chi connectivity index (χ1) is 16.1. The van der Waals surface area contributed by atoms with E-state index in [4.69, 9.17) is 0 Å². The van der Waals surface area contributed by atoms with Crippen LogP contribution >= 0.6 is 0 Å². The van der Waals surface area contributed by atoms with Crippen LogP contribution in [0.15, 0.2) is 47.5 Å². The van der Waals surface area contributed by atoms with Crippen molar-refractivity contribution in [3.8, 4) is 0 Å². The van der Waals surface area contributed by atoms with Crippen LogP contribution in [0.3, 0.4) is 0 Å². The van der Waals surface area contributed by atoms with Gasteiger partial charge in [-0.15, -0.1) is 0 Å². The molecule has 7 heteroatoms. The molecule has 2 heterocycles. The Kier molecular flexibility index (Phi) is 6.49. The molecule has 1 aromatic rings. The van der Waals surface area contributed by atoms with Gasteiger partial charge in [-0.3, -0.25) is 19.5 Å². The van der Waals surface area contributed by atoms with Gasteiger partial charge in [0.2, 0.25) is 11.8 Å². The molecule has 4 aliphatic rings. The van der Waals surface area contributed by atoms with Crippen molar-refractivity contribution in [2.75, 3.05) is 46.3 Å². The van der Waals surface area contributed by atoms with E-state index in [-0.39, 0.29) is 35.5 Å². The summed E-state index contributed by atoms with van der Waals surface area (Å²) in [5.74, 6) is 1.68. The Hall–Kier alpha value is -2.67. The van der Waals surface area contributed by atoms with Crippen molar-refractivity contribution in [3.05, 3.63) is 48.0 Å². The average Bonchev–Trinajstić information content (AvgIpc) is 3.62. The van der Waals surface area contributed by atoms with Gasteiger partial charge in [0.25, 0.3) is 0 Å². The number of aliphatic imine (C=N–C) groups is 1. The number of benzene rings is 1. The Morgan fingerprint density at radius 1 is 1.03 bits per heavy atom. The molecule has 0 radical (unpaired) electrons. The van der Waals surface area contributed by atoms with Gasteiger partial charge in [0.15, 0.2) is 5.96 Å². The zero-order valence-corrected chi connectivity index (χ0v) is 19.5. The fourth-order valence-corrected chi connectivity index (χ4v) is 6.15. The molecule has 2 saturated heterocycles. The summed E-state index contributed by atoms with van der Waals surface area (Å²) in [4.78, 5) is 33.9. The lowest BCUT2D eigenvalue weighted by atomic mass is 9.85. The van der Waals surface area contributed by atoms with Crippen molar-refractivity contribution >= 4 is 17.8 Å². The molecule has 2 aliphatic heterocycles. The fraction of sp³-hybridized carbons (Fsp3) is 0.577. The molecule has 2 bridgehead atoms. The first-order valence-electron chi connectivity index (χ1n) is 12.4. The van der Waals surface area contributed by atoms with Gasteiger partial charge in [0.1, 0.15) is 0 Å². The number of allylic oxidation sites excluding steroid dienone is 2. The van der Waals surface area contributed by atoms with Crippen molar-refractivity contribution in [3.63, 3.8) is 0 Å². The normalized spacial score (nSPS) is 31.0. The molecule has 0 aromatic heterocycles. The number of carbonyl (C=O) groups excluding carboxylic acids is 2. The van der Waals surface area contributed by atoms with E-state index in [1.807, 2.05) is 0 Å². The van der Waals surface area contributed by atoms with Crippen LogP contribution in [-0.2, 0) is 16.0 Å². The summed E-state index contributed by atoms with van der Waals surface area (Å²) in [6.07, 6.45) is 7.53. The molecule has 2 aliphatic carbocycles. The SMILES string of the molecule is CN=C(NCCN1C(=O)C2C3C=CC(C3)C2C1=O)NCC1CCN(CCc2ccccc2)C1. The number of guanidine groups is 1. The van der Waals surface area contributed by atoms with E-state index in [2.05, 4.69) is 63.0 Å². The third kappa shape index (κ3) is 4.56. The summed E-state index contributed by atoms with van der Waals surface area (Å²) in [6, 6.07) is 10.7. The van der Waals surface area contributed by atoms with Crippen LogP contribution < -0.4 is 10.6 Å². The molecule has 7 nitrogen and oxygen atoms in total. The topological polar surface area (TPSA) is 77.0 Å². The molecule has 176 valence electrons. The molecular weight excluding hydrogens is 414 g/mol. The standard InChI is InChI=1S/C26H35N5O2/c1-27-26(29-16-19-10-13-30(17-19)12-9-18-5-3-2-4-6-18)28-11-14-31-24(32)22-20-7-8-21(15-20)23(22)25(31)33/h2-8,19-23H,9-17H2,1H3,(H2,27,28,29). The van der Waals surface area contributed by atoms with Crippen molar-refractivity contribution in [2.45, 2.75) is 19.3 Å². The number of amides is 2. The number of carbonyl (C=O) groups is 2. The molecule has 1 saturated carbocycles. The highest BCUT2D eigenvalue weighted by atomic mass is 16.2. The molecule has 5 atom stereocenters. The number of hydrogen-bond donors (Lipinski definition) is 2. The van der Waals surface area contributed by atoms with Crippen molar-refractivity contribution in [2.24, 2.45) is 34.6 Å². The van der Waals surface area contributed by atoms with E-state index in [1.54, 1.807) is 7.05 Å². The highest BCUT2D eigenvalue weighted by molar-refractivity contribution is 6.06. The minimum Gasteiger partial charge on any atom is -0.356 e. The predicted octanol–water partition coefficient (Wildman–Crippen LogP) is 1.52. The van der Waals surface area contributed by atoms with Gasteiger partial charge in [-0.1, -0.05) is 42.5 Å². The van der Waals surface area contributed by atoms with E-state index in [0.717, 1.165) is 45.0 Å². The Labute approximate surface area is 196 Å². The zero-order chi connectivity index (χ0) is 22.8. The smallest absolute Gasteiger partial charge is 0.233 e. The van der Waals surface area contributed by atoms with Gasteiger partial charge in [-0.05, 0) is 49.1 Å². The number of nitrogens with zero attached hydrogens (tertiary/aromatic N) is 3. The maximum absolute atomic E-state index is 12.8. The Bertz CT molecular complexity index is 900.